The number of aromatic nitrogens is 5. The van der Waals surface area contributed by atoms with Crippen molar-refractivity contribution in [3.63, 3.8) is 0 Å². The normalized spacial score (nSPS) is 11.6. The van der Waals surface area contributed by atoms with Gasteiger partial charge in [-0.1, -0.05) is 12.1 Å². The highest BCUT2D eigenvalue weighted by Crippen LogP contribution is 2.29. The second-order valence-corrected chi connectivity index (χ2v) is 9.21. The Labute approximate surface area is 190 Å². The number of hydrogen-bond acceptors (Lipinski definition) is 6. The van der Waals surface area contributed by atoms with E-state index >= 15 is 0 Å². The van der Waals surface area contributed by atoms with E-state index in [1.165, 1.54) is 6.33 Å². The summed E-state index contributed by atoms with van der Waals surface area (Å²) in [5.74, 6) is 0. The van der Waals surface area contributed by atoms with E-state index in [0.29, 0.717) is 5.69 Å². The Hall–Kier alpha value is -4.18. The van der Waals surface area contributed by atoms with E-state index in [1.54, 1.807) is 58.8 Å². The molecule has 0 fully saturated rings. The quantitative estimate of drug-likeness (QED) is 0.402. The van der Waals surface area contributed by atoms with Crippen molar-refractivity contribution in [2.45, 2.75) is 4.90 Å². The topological polar surface area (TPSA) is 106 Å². The smallest absolute Gasteiger partial charge is 0.261 e. The van der Waals surface area contributed by atoms with Gasteiger partial charge in [0.25, 0.3) is 10.0 Å². The second kappa shape index (κ2) is 8.06. The molecule has 3 aromatic heterocycles. The van der Waals surface area contributed by atoms with Gasteiger partial charge in [0.05, 0.1) is 22.3 Å². The number of sulfonamides is 1. The summed E-state index contributed by atoms with van der Waals surface area (Å²) in [7, 11) is -0.0383. The van der Waals surface area contributed by atoms with Crippen molar-refractivity contribution in [1.29, 1.82) is 0 Å². The molecule has 9 nitrogen and oxygen atoms in total. The zero-order valence-corrected chi connectivity index (χ0v) is 18.8. The fraction of sp³-hybridized carbons (Fsp3) is 0.0870. The highest BCUT2D eigenvalue weighted by atomic mass is 32.2. The summed E-state index contributed by atoms with van der Waals surface area (Å²) in [6, 6.07) is 15.7. The van der Waals surface area contributed by atoms with Crippen molar-refractivity contribution < 1.29 is 8.42 Å². The van der Waals surface area contributed by atoms with Crippen molar-refractivity contribution in [2.75, 3.05) is 17.1 Å². The molecule has 33 heavy (non-hydrogen) atoms. The molecule has 2 aromatic carbocycles. The number of aryl methyl sites for hydroxylation is 1. The van der Waals surface area contributed by atoms with Crippen LogP contribution < -0.4 is 10.0 Å². The summed E-state index contributed by atoms with van der Waals surface area (Å²) >= 11 is 0. The maximum atomic E-state index is 12.7. The van der Waals surface area contributed by atoms with E-state index in [1.807, 2.05) is 37.6 Å². The highest BCUT2D eigenvalue weighted by Gasteiger charge is 2.15. The van der Waals surface area contributed by atoms with Crippen LogP contribution in [0.25, 0.3) is 27.9 Å². The first kappa shape index (κ1) is 20.7. The van der Waals surface area contributed by atoms with Gasteiger partial charge in [0, 0.05) is 54.6 Å². The van der Waals surface area contributed by atoms with Crippen LogP contribution in [0.2, 0.25) is 0 Å². The molecule has 2 N–H and O–H groups in total. The molecule has 0 radical (unpaired) electrons. The van der Waals surface area contributed by atoms with E-state index in [2.05, 4.69) is 25.2 Å². The van der Waals surface area contributed by atoms with Crippen LogP contribution in [-0.4, -0.2) is 39.8 Å². The van der Waals surface area contributed by atoms with Gasteiger partial charge in [0.15, 0.2) is 0 Å². The SMILES string of the molecule is CNc1ccc(S(=O)(=O)Nc2ccc(-c3ncnn4cc(-c5cnn(C)c5)cc34)cc2)cc1. The number of anilines is 2. The minimum atomic E-state index is -3.69. The van der Waals surface area contributed by atoms with Gasteiger partial charge in [0.1, 0.15) is 6.33 Å². The fourth-order valence-electron chi connectivity index (χ4n) is 3.59. The second-order valence-electron chi connectivity index (χ2n) is 7.53. The molecule has 5 aromatic rings. The van der Waals surface area contributed by atoms with Crippen LogP contribution >= 0.6 is 0 Å². The number of benzene rings is 2. The minimum Gasteiger partial charge on any atom is -0.388 e. The molecule has 166 valence electrons. The molecule has 0 aliphatic heterocycles. The van der Waals surface area contributed by atoms with Crippen molar-refractivity contribution in [3.8, 4) is 22.4 Å². The highest BCUT2D eigenvalue weighted by molar-refractivity contribution is 7.92. The van der Waals surface area contributed by atoms with Gasteiger partial charge in [-0.15, -0.1) is 0 Å². The van der Waals surface area contributed by atoms with Gasteiger partial charge in [-0.25, -0.2) is 17.9 Å². The van der Waals surface area contributed by atoms with E-state index in [0.717, 1.165) is 33.6 Å². The summed E-state index contributed by atoms with van der Waals surface area (Å²) in [5, 5.41) is 11.5. The largest absolute Gasteiger partial charge is 0.388 e. The molecular formula is C23H21N7O2S. The van der Waals surface area contributed by atoms with Crippen LogP contribution in [0.1, 0.15) is 0 Å². The van der Waals surface area contributed by atoms with Gasteiger partial charge in [0.2, 0.25) is 0 Å². The first-order chi connectivity index (χ1) is 15.9. The summed E-state index contributed by atoms with van der Waals surface area (Å²) < 4.78 is 31.6. The third-order valence-corrected chi connectivity index (χ3v) is 6.71. The predicted molar refractivity (Wildman–Crippen MR) is 127 cm³/mol. The molecule has 0 bridgehead atoms. The van der Waals surface area contributed by atoms with E-state index in [9.17, 15) is 8.42 Å². The maximum absolute atomic E-state index is 12.7. The molecule has 0 atom stereocenters. The Balaban J connectivity index is 1.43. The third kappa shape index (κ3) is 4.03. The lowest BCUT2D eigenvalue weighted by molar-refractivity contribution is 0.601. The Morgan fingerprint density at radius 3 is 2.24 bits per heavy atom. The molecule has 5 rings (SSSR count). The van der Waals surface area contributed by atoms with Gasteiger partial charge in [-0.05, 0) is 42.5 Å². The number of rotatable bonds is 6. The molecule has 0 saturated carbocycles. The monoisotopic (exact) mass is 459 g/mol. The van der Waals surface area contributed by atoms with Crippen molar-refractivity contribution in [2.24, 2.45) is 7.05 Å². The number of nitrogens with one attached hydrogen (secondary N) is 2. The Morgan fingerprint density at radius 2 is 1.58 bits per heavy atom. The molecule has 3 heterocycles. The zero-order valence-electron chi connectivity index (χ0n) is 18.0. The van der Waals surface area contributed by atoms with Crippen LogP contribution in [-0.2, 0) is 17.1 Å². The number of fused-ring (bicyclic) bond motifs is 1. The first-order valence-corrected chi connectivity index (χ1v) is 11.6. The lowest BCUT2D eigenvalue weighted by Gasteiger charge is -2.10. The van der Waals surface area contributed by atoms with Crippen LogP contribution in [0.15, 0.2) is 84.4 Å². The molecule has 0 spiro atoms. The zero-order chi connectivity index (χ0) is 23.0. The Bertz CT molecular complexity index is 1540. The lowest BCUT2D eigenvalue weighted by Crippen LogP contribution is -2.12. The molecular weight excluding hydrogens is 438 g/mol. The van der Waals surface area contributed by atoms with Gasteiger partial charge in [-0.3, -0.25) is 9.40 Å². The van der Waals surface area contributed by atoms with Crippen molar-refractivity contribution in [1.82, 2.24) is 24.4 Å². The predicted octanol–water partition coefficient (Wildman–Crippen LogP) is 3.64. The number of nitrogens with zero attached hydrogens (tertiary/aromatic N) is 5. The average Bonchev–Trinajstić information content (AvgIpc) is 3.45. The molecule has 0 unspecified atom stereocenters. The Kier molecular flexibility index (Phi) is 5.06. The van der Waals surface area contributed by atoms with Crippen molar-refractivity contribution in [3.05, 3.63) is 79.5 Å². The average molecular weight is 460 g/mol. The standard InChI is InChI=1S/C23H21N7O2S/c1-24-19-7-9-21(10-8-19)33(31,32)28-20-5-3-16(4-6-20)23-22-11-17(14-30(22)27-15-25-23)18-12-26-29(2)13-18/h3-15,24,28H,1-2H3. The maximum Gasteiger partial charge on any atom is 0.261 e. The van der Waals surface area contributed by atoms with Crippen LogP contribution in [0, 0.1) is 0 Å². The molecule has 10 heteroatoms. The van der Waals surface area contributed by atoms with E-state index in [4.69, 9.17) is 0 Å². The van der Waals surface area contributed by atoms with Crippen LogP contribution in [0.5, 0.6) is 0 Å². The van der Waals surface area contributed by atoms with Crippen molar-refractivity contribution >= 4 is 26.9 Å². The van der Waals surface area contributed by atoms with Gasteiger partial charge in [-0.2, -0.15) is 10.2 Å². The summed E-state index contributed by atoms with van der Waals surface area (Å²) in [5.41, 5.74) is 5.71. The van der Waals surface area contributed by atoms with E-state index in [-0.39, 0.29) is 4.90 Å². The Morgan fingerprint density at radius 1 is 0.848 bits per heavy atom. The summed E-state index contributed by atoms with van der Waals surface area (Å²) in [6.07, 6.45) is 7.17. The van der Waals surface area contributed by atoms with Crippen LogP contribution in [0.3, 0.4) is 0 Å². The summed E-state index contributed by atoms with van der Waals surface area (Å²) in [6.45, 7) is 0. The molecule has 0 aliphatic rings. The number of hydrogen-bond donors (Lipinski definition) is 2. The molecule has 0 saturated heterocycles. The first-order valence-electron chi connectivity index (χ1n) is 10.2. The van der Waals surface area contributed by atoms with Gasteiger partial charge >= 0.3 is 0 Å². The molecule has 0 amide bonds. The van der Waals surface area contributed by atoms with Gasteiger partial charge < -0.3 is 5.32 Å². The molecule has 0 aliphatic carbocycles. The lowest BCUT2D eigenvalue weighted by atomic mass is 10.1. The minimum absolute atomic E-state index is 0.194. The fourth-order valence-corrected chi connectivity index (χ4v) is 4.65. The third-order valence-electron chi connectivity index (χ3n) is 5.31. The van der Waals surface area contributed by atoms with E-state index < -0.39 is 10.0 Å². The summed E-state index contributed by atoms with van der Waals surface area (Å²) in [4.78, 5) is 4.65. The van der Waals surface area contributed by atoms with Crippen LogP contribution in [0.4, 0.5) is 11.4 Å².